The SMILES string of the molecule is CC(C)(C)OC(=O)CCNCc1cccc(CO)c1. The van der Waals surface area contributed by atoms with Gasteiger partial charge in [0.05, 0.1) is 13.0 Å². The zero-order valence-corrected chi connectivity index (χ0v) is 11.9. The van der Waals surface area contributed by atoms with E-state index in [0.29, 0.717) is 19.5 Å². The molecule has 4 heteroatoms. The molecule has 4 nitrogen and oxygen atoms in total. The molecule has 0 fully saturated rings. The molecule has 0 unspecified atom stereocenters. The van der Waals surface area contributed by atoms with Crippen molar-refractivity contribution in [1.29, 1.82) is 0 Å². The summed E-state index contributed by atoms with van der Waals surface area (Å²) in [6.07, 6.45) is 0.358. The fourth-order valence-corrected chi connectivity index (χ4v) is 1.65. The molecule has 0 heterocycles. The Hall–Kier alpha value is -1.39. The van der Waals surface area contributed by atoms with Gasteiger partial charge in [-0.3, -0.25) is 4.79 Å². The van der Waals surface area contributed by atoms with Gasteiger partial charge in [0.15, 0.2) is 0 Å². The predicted molar refractivity (Wildman–Crippen MR) is 74.5 cm³/mol. The number of aliphatic hydroxyl groups is 1. The summed E-state index contributed by atoms with van der Waals surface area (Å²) in [6.45, 7) is 6.89. The number of carbonyl (C=O) groups excluding carboxylic acids is 1. The molecule has 0 spiro atoms. The zero-order valence-electron chi connectivity index (χ0n) is 11.9. The highest BCUT2D eigenvalue weighted by Gasteiger charge is 2.15. The van der Waals surface area contributed by atoms with Gasteiger partial charge >= 0.3 is 5.97 Å². The second kappa shape index (κ2) is 7.26. The summed E-state index contributed by atoms with van der Waals surface area (Å²) in [7, 11) is 0. The smallest absolute Gasteiger partial charge is 0.307 e. The van der Waals surface area contributed by atoms with Crippen LogP contribution in [0.25, 0.3) is 0 Å². The standard InChI is InChI=1S/C15H23NO3/c1-15(2,3)19-14(18)7-8-16-10-12-5-4-6-13(9-12)11-17/h4-6,9,16-17H,7-8,10-11H2,1-3H3. The summed E-state index contributed by atoms with van der Waals surface area (Å²) < 4.78 is 5.21. The van der Waals surface area contributed by atoms with Gasteiger partial charge in [-0.2, -0.15) is 0 Å². The normalized spacial score (nSPS) is 11.4. The minimum atomic E-state index is -0.424. The monoisotopic (exact) mass is 265 g/mol. The van der Waals surface area contributed by atoms with E-state index in [1.54, 1.807) is 0 Å². The van der Waals surface area contributed by atoms with E-state index in [-0.39, 0.29) is 12.6 Å². The van der Waals surface area contributed by atoms with Crippen molar-refractivity contribution in [1.82, 2.24) is 5.32 Å². The van der Waals surface area contributed by atoms with Crippen LogP contribution in [0.1, 0.15) is 38.3 Å². The summed E-state index contributed by atoms with van der Waals surface area (Å²) >= 11 is 0. The third kappa shape index (κ3) is 6.94. The van der Waals surface area contributed by atoms with Gasteiger partial charge in [-0.1, -0.05) is 24.3 Å². The maximum atomic E-state index is 11.5. The third-order valence-electron chi connectivity index (χ3n) is 2.43. The Balaban J connectivity index is 2.25. The summed E-state index contributed by atoms with van der Waals surface area (Å²) in [6, 6.07) is 7.72. The van der Waals surface area contributed by atoms with Gasteiger partial charge in [0.2, 0.25) is 0 Å². The summed E-state index contributed by atoms with van der Waals surface area (Å²) in [5.74, 6) is -0.191. The van der Waals surface area contributed by atoms with E-state index >= 15 is 0 Å². The van der Waals surface area contributed by atoms with Gasteiger partial charge in [-0.25, -0.2) is 0 Å². The van der Waals surface area contributed by atoms with Crippen LogP contribution in [0.5, 0.6) is 0 Å². The van der Waals surface area contributed by atoms with E-state index < -0.39 is 5.60 Å². The molecule has 0 bridgehead atoms. The summed E-state index contributed by atoms with van der Waals surface area (Å²) in [5.41, 5.74) is 1.56. The van der Waals surface area contributed by atoms with Crippen LogP contribution in [0.2, 0.25) is 0 Å². The second-order valence-electron chi connectivity index (χ2n) is 5.49. The third-order valence-corrected chi connectivity index (χ3v) is 2.43. The number of carbonyl (C=O) groups is 1. The lowest BCUT2D eigenvalue weighted by Crippen LogP contribution is -2.26. The van der Waals surface area contributed by atoms with Crippen molar-refractivity contribution in [2.75, 3.05) is 6.54 Å². The molecule has 0 aromatic heterocycles. The molecule has 0 aliphatic heterocycles. The second-order valence-corrected chi connectivity index (χ2v) is 5.49. The zero-order chi connectivity index (χ0) is 14.3. The van der Waals surface area contributed by atoms with Crippen LogP contribution in [0.4, 0.5) is 0 Å². The van der Waals surface area contributed by atoms with E-state index in [1.807, 2.05) is 45.0 Å². The summed E-state index contributed by atoms with van der Waals surface area (Å²) in [4.78, 5) is 11.5. The molecule has 1 rings (SSSR count). The van der Waals surface area contributed by atoms with E-state index in [0.717, 1.165) is 11.1 Å². The minimum absolute atomic E-state index is 0.0474. The average molecular weight is 265 g/mol. The molecular formula is C15H23NO3. The molecule has 0 aliphatic carbocycles. The Morgan fingerprint density at radius 3 is 2.63 bits per heavy atom. The highest BCUT2D eigenvalue weighted by Crippen LogP contribution is 2.08. The van der Waals surface area contributed by atoms with E-state index in [4.69, 9.17) is 9.84 Å². The maximum absolute atomic E-state index is 11.5. The Morgan fingerprint density at radius 1 is 1.32 bits per heavy atom. The molecule has 0 saturated heterocycles. The highest BCUT2D eigenvalue weighted by molar-refractivity contribution is 5.70. The molecule has 2 N–H and O–H groups in total. The lowest BCUT2D eigenvalue weighted by atomic mass is 10.1. The lowest BCUT2D eigenvalue weighted by Gasteiger charge is -2.19. The lowest BCUT2D eigenvalue weighted by molar-refractivity contribution is -0.154. The first-order chi connectivity index (χ1) is 8.90. The fraction of sp³-hybridized carbons (Fsp3) is 0.533. The predicted octanol–water partition coefficient (Wildman–Crippen LogP) is 2.00. The van der Waals surface area contributed by atoms with Crippen LogP contribution in [-0.4, -0.2) is 23.2 Å². The molecule has 0 saturated carbocycles. The minimum Gasteiger partial charge on any atom is -0.460 e. The first-order valence-electron chi connectivity index (χ1n) is 6.52. The first-order valence-corrected chi connectivity index (χ1v) is 6.52. The Morgan fingerprint density at radius 2 is 2.00 bits per heavy atom. The van der Waals surface area contributed by atoms with Crippen LogP contribution in [0, 0.1) is 0 Å². The molecule has 19 heavy (non-hydrogen) atoms. The number of hydrogen-bond acceptors (Lipinski definition) is 4. The average Bonchev–Trinajstić information content (AvgIpc) is 2.33. The number of rotatable bonds is 6. The number of benzene rings is 1. The molecule has 106 valence electrons. The van der Waals surface area contributed by atoms with Gasteiger partial charge in [-0.15, -0.1) is 0 Å². The molecule has 0 amide bonds. The quantitative estimate of drug-likeness (QED) is 0.610. The molecule has 1 aromatic carbocycles. The van der Waals surface area contributed by atoms with Gasteiger partial charge < -0.3 is 15.2 Å². The topological polar surface area (TPSA) is 58.6 Å². The Labute approximate surface area is 114 Å². The van der Waals surface area contributed by atoms with Crippen molar-refractivity contribution in [2.24, 2.45) is 0 Å². The van der Waals surface area contributed by atoms with Crippen LogP contribution in [0.3, 0.4) is 0 Å². The summed E-state index contributed by atoms with van der Waals surface area (Å²) in [5, 5.41) is 12.2. The van der Waals surface area contributed by atoms with E-state index in [2.05, 4.69) is 5.32 Å². The van der Waals surface area contributed by atoms with Gasteiger partial charge in [-0.05, 0) is 31.9 Å². The molecule has 0 radical (unpaired) electrons. The fourth-order valence-electron chi connectivity index (χ4n) is 1.65. The number of ether oxygens (including phenoxy) is 1. The number of nitrogens with one attached hydrogen (secondary N) is 1. The van der Waals surface area contributed by atoms with Crippen LogP contribution in [-0.2, 0) is 22.7 Å². The van der Waals surface area contributed by atoms with Crippen molar-refractivity contribution in [2.45, 2.75) is 45.9 Å². The van der Waals surface area contributed by atoms with E-state index in [9.17, 15) is 4.79 Å². The maximum Gasteiger partial charge on any atom is 0.307 e. The Bertz CT molecular complexity index is 410. The highest BCUT2D eigenvalue weighted by atomic mass is 16.6. The number of esters is 1. The van der Waals surface area contributed by atoms with Crippen LogP contribution < -0.4 is 5.32 Å². The van der Waals surface area contributed by atoms with Gasteiger partial charge in [0.25, 0.3) is 0 Å². The van der Waals surface area contributed by atoms with Gasteiger partial charge in [0, 0.05) is 13.1 Å². The number of hydrogen-bond donors (Lipinski definition) is 2. The van der Waals surface area contributed by atoms with Crippen molar-refractivity contribution < 1.29 is 14.6 Å². The van der Waals surface area contributed by atoms with Crippen molar-refractivity contribution in [3.63, 3.8) is 0 Å². The first kappa shape index (κ1) is 15.7. The molecule has 1 aromatic rings. The molecule has 0 aliphatic rings. The largest absolute Gasteiger partial charge is 0.460 e. The van der Waals surface area contributed by atoms with Crippen LogP contribution >= 0.6 is 0 Å². The molecular weight excluding hydrogens is 242 g/mol. The van der Waals surface area contributed by atoms with Crippen molar-refractivity contribution in [3.05, 3.63) is 35.4 Å². The Kier molecular flexibility index (Phi) is 5.99. The van der Waals surface area contributed by atoms with Crippen LogP contribution in [0.15, 0.2) is 24.3 Å². The van der Waals surface area contributed by atoms with E-state index in [1.165, 1.54) is 0 Å². The number of aliphatic hydroxyl groups excluding tert-OH is 1. The van der Waals surface area contributed by atoms with Crippen molar-refractivity contribution in [3.8, 4) is 0 Å². The molecule has 0 atom stereocenters. The van der Waals surface area contributed by atoms with Gasteiger partial charge in [0.1, 0.15) is 5.60 Å². The van der Waals surface area contributed by atoms with Crippen molar-refractivity contribution >= 4 is 5.97 Å².